The van der Waals surface area contributed by atoms with Crippen LogP contribution in [-0.4, -0.2) is 38.5 Å². The van der Waals surface area contributed by atoms with Gasteiger partial charge in [0.1, 0.15) is 0 Å². The minimum atomic E-state index is -0.0739. The average Bonchev–Trinajstić information content (AvgIpc) is 2.30. The number of ether oxygens (including phenoxy) is 2. The molecule has 1 rings (SSSR count). The van der Waals surface area contributed by atoms with Crippen LogP contribution in [0.4, 0.5) is 0 Å². The first kappa shape index (κ1) is 14.9. The van der Waals surface area contributed by atoms with Crippen molar-refractivity contribution in [1.29, 1.82) is 0 Å². The summed E-state index contributed by atoms with van der Waals surface area (Å²) in [5, 5.41) is 3.28. The molecule has 0 amide bonds. The molecule has 102 valence electrons. The lowest BCUT2D eigenvalue weighted by molar-refractivity contribution is -0.0899. The fourth-order valence-electron chi connectivity index (χ4n) is 2.51. The molecule has 1 fully saturated rings. The Balaban J connectivity index is 2.39. The third-order valence-corrected chi connectivity index (χ3v) is 3.93. The SMILES string of the molecule is CNCC1(OCCC(C)(C)OC)CCCCC1. The standard InChI is InChI=1S/C14H29NO2/c1-13(2,16-4)10-11-17-14(12-15-3)8-6-5-7-9-14/h15H,5-12H2,1-4H3. The van der Waals surface area contributed by atoms with Crippen molar-refractivity contribution >= 4 is 0 Å². The van der Waals surface area contributed by atoms with E-state index in [-0.39, 0.29) is 11.2 Å². The predicted octanol–water partition coefficient (Wildman–Crippen LogP) is 2.74. The Morgan fingerprint density at radius 1 is 1.18 bits per heavy atom. The fraction of sp³-hybridized carbons (Fsp3) is 1.00. The normalized spacial score (nSPS) is 20.5. The molecule has 0 atom stereocenters. The minimum absolute atomic E-state index is 0.0739. The molecule has 0 heterocycles. The van der Waals surface area contributed by atoms with E-state index in [0.29, 0.717) is 0 Å². The van der Waals surface area contributed by atoms with Crippen LogP contribution in [0, 0.1) is 0 Å². The quantitative estimate of drug-likeness (QED) is 0.746. The Labute approximate surface area is 106 Å². The van der Waals surface area contributed by atoms with Crippen LogP contribution in [0.3, 0.4) is 0 Å². The van der Waals surface area contributed by atoms with Gasteiger partial charge >= 0.3 is 0 Å². The van der Waals surface area contributed by atoms with Crippen molar-refractivity contribution in [3.05, 3.63) is 0 Å². The zero-order chi connectivity index (χ0) is 12.8. The largest absolute Gasteiger partial charge is 0.379 e. The highest BCUT2D eigenvalue weighted by molar-refractivity contribution is 4.86. The van der Waals surface area contributed by atoms with Gasteiger partial charge in [0.15, 0.2) is 0 Å². The molecule has 1 N–H and O–H groups in total. The van der Waals surface area contributed by atoms with Gasteiger partial charge in [-0.25, -0.2) is 0 Å². The summed E-state index contributed by atoms with van der Waals surface area (Å²) in [6.45, 7) is 5.99. The lowest BCUT2D eigenvalue weighted by atomic mass is 9.84. The van der Waals surface area contributed by atoms with Gasteiger partial charge in [-0.3, -0.25) is 0 Å². The summed E-state index contributed by atoms with van der Waals surface area (Å²) in [6.07, 6.45) is 7.31. The van der Waals surface area contributed by atoms with E-state index < -0.39 is 0 Å². The van der Waals surface area contributed by atoms with Crippen LogP contribution in [0.25, 0.3) is 0 Å². The van der Waals surface area contributed by atoms with Gasteiger partial charge < -0.3 is 14.8 Å². The average molecular weight is 243 g/mol. The summed E-state index contributed by atoms with van der Waals surface area (Å²) >= 11 is 0. The minimum Gasteiger partial charge on any atom is -0.379 e. The number of methoxy groups -OCH3 is 1. The zero-order valence-electron chi connectivity index (χ0n) is 12.0. The lowest BCUT2D eigenvalue weighted by Crippen LogP contribution is -2.44. The highest BCUT2D eigenvalue weighted by atomic mass is 16.5. The van der Waals surface area contributed by atoms with Gasteiger partial charge in [-0.05, 0) is 40.2 Å². The van der Waals surface area contributed by atoms with Gasteiger partial charge in [-0.15, -0.1) is 0 Å². The van der Waals surface area contributed by atoms with E-state index in [1.807, 2.05) is 7.05 Å². The van der Waals surface area contributed by atoms with E-state index in [1.165, 1.54) is 32.1 Å². The first-order chi connectivity index (χ1) is 8.04. The molecule has 1 aliphatic rings. The molecular weight excluding hydrogens is 214 g/mol. The second-order valence-electron chi connectivity index (χ2n) is 5.84. The fourth-order valence-corrected chi connectivity index (χ4v) is 2.51. The van der Waals surface area contributed by atoms with Crippen LogP contribution in [-0.2, 0) is 9.47 Å². The van der Waals surface area contributed by atoms with Crippen molar-refractivity contribution in [2.75, 3.05) is 27.3 Å². The van der Waals surface area contributed by atoms with E-state index in [0.717, 1.165) is 19.6 Å². The van der Waals surface area contributed by atoms with E-state index in [4.69, 9.17) is 9.47 Å². The Hall–Kier alpha value is -0.120. The summed E-state index contributed by atoms with van der Waals surface area (Å²) < 4.78 is 11.6. The van der Waals surface area contributed by atoms with Gasteiger partial charge in [0.05, 0.1) is 17.8 Å². The molecule has 1 aliphatic carbocycles. The second-order valence-corrected chi connectivity index (χ2v) is 5.84. The van der Waals surface area contributed by atoms with E-state index in [2.05, 4.69) is 19.2 Å². The summed E-state index contributed by atoms with van der Waals surface area (Å²) in [7, 11) is 3.78. The van der Waals surface area contributed by atoms with E-state index >= 15 is 0 Å². The van der Waals surface area contributed by atoms with Crippen molar-refractivity contribution < 1.29 is 9.47 Å². The van der Waals surface area contributed by atoms with Gasteiger partial charge in [-0.1, -0.05) is 19.3 Å². The molecule has 0 unspecified atom stereocenters. The molecule has 0 aromatic heterocycles. The maximum absolute atomic E-state index is 6.21. The third-order valence-electron chi connectivity index (χ3n) is 3.93. The van der Waals surface area contributed by atoms with E-state index in [1.54, 1.807) is 7.11 Å². The second kappa shape index (κ2) is 6.72. The summed E-state index contributed by atoms with van der Waals surface area (Å²) in [5.41, 5.74) is 0.00627. The zero-order valence-corrected chi connectivity index (χ0v) is 12.0. The predicted molar refractivity (Wildman–Crippen MR) is 71.4 cm³/mol. The number of likely N-dealkylation sites (N-methyl/N-ethyl adjacent to an activating group) is 1. The number of rotatable bonds is 7. The van der Waals surface area contributed by atoms with Gasteiger partial charge in [0.25, 0.3) is 0 Å². The van der Waals surface area contributed by atoms with Crippen LogP contribution < -0.4 is 5.32 Å². The highest BCUT2D eigenvalue weighted by Crippen LogP contribution is 2.31. The van der Waals surface area contributed by atoms with Gasteiger partial charge in [-0.2, -0.15) is 0 Å². The van der Waals surface area contributed by atoms with Crippen molar-refractivity contribution in [2.45, 2.75) is 63.6 Å². The molecule has 0 saturated heterocycles. The number of hydrogen-bond donors (Lipinski definition) is 1. The molecular formula is C14H29NO2. The summed E-state index contributed by atoms with van der Waals surface area (Å²) in [6, 6.07) is 0. The Kier molecular flexibility index (Phi) is 5.90. The number of hydrogen-bond acceptors (Lipinski definition) is 3. The molecule has 3 heteroatoms. The highest BCUT2D eigenvalue weighted by Gasteiger charge is 2.32. The first-order valence-corrected chi connectivity index (χ1v) is 6.87. The maximum Gasteiger partial charge on any atom is 0.0806 e. The molecule has 1 saturated carbocycles. The first-order valence-electron chi connectivity index (χ1n) is 6.87. The number of nitrogens with one attached hydrogen (secondary N) is 1. The topological polar surface area (TPSA) is 30.5 Å². The van der Waals surface area contributed by atoms with Crippen molar-refractivity contribution in [1.82, 2.24) is 5.32 Å². The summed E-state index contributed by atoms with van der Waals surface area (Å²) in [5.74, 6) is 0. The smallest absolute Gasteiger partial charge is 0.0806 e. The van der Waals surface area contributed by atoms with Crippen LogP contribution in [0.1, 0.15) is 52.4 Å². The molecule has 0 radical (unpaired) electrons. The molecule has 0 spiro atoms. The van der Waals surface area contributed by atoms with Crippen molar-refractivity contribution in [2.24, 2.45) is 0 Å². The third kappa shape index (κ3) is 4.94. The molecule has 17 heavy (non-hydrogen) atoms. The van der Waals surface area contributed by atoms with Crippen LogP contribution in [0.2, 0.25) is 0 Å². The molecule has 0 aromatic rings. The van der Waals surface area contributed by atoms with Crippen LogP contribution in [0.15, 0.2) is 0 Å². The molecule has 0 bridgehead atoms. The van der Waals surface area contributed by atoms with E-state index in [9.17, 15) is 0 Å². The van der Waals surface area contributed by atoms with Gasteiger partial charge in [0, 0.05) is 13.7 Å². The Morgan fingerprint density at radius 2 is 1.82 bits per heavy atom. The monoisotopic (exact) mass is 243 g/mol. The molecule has 0 aliphatic heterocycles. The Morgan fingerprint density at radius 3 is 2.35 bits per heavy atom. The van der Waals surface area contributed by atoms with Crippen LogP contribution >= 0.6 is 0 Å². The molecule has 3 nitrogen and oxygen atoms in total. The van der Waals surface area contributed by atoms with Crippen LogP contribution in [0.5, 0.6) is 0 Å². The van der Waals surface area contributed by atoms with Crippen molar-refractivity contribution in [3.8, 4) is 0 Å². The summed E-state index contributed by atoms with van der Waals surface area (Å²) in [4.78, 5) is 0. The Bertz CT molecular complexity index is 205. The van der Waals surface area contributed by atoms with Gasteiger partial charge in [0.2, 0.25) is 0 Å². The lowest BCUT2D eigenvalue weighted by Gasteiger charge is -2.38. The molecule has 0 aromatic carbocycles. The van der Waals surface area contributed by atoms with Crippen molar-refractivity contribution in [3.63, 3.8) is 0 Å². The maximum atomic E-state index is 6.21.